The zero-order chi connectivity index (χ0) is 18.0. The first kappa shape index (κ1) is 17.6. The van der Waals surface area contributed by atoms with E-state index in [-0.39, 0.29) is 29.9 Å². The van der Waals surface area contributed by atoms with Gasteiger partial charge in [-0.2, -0.15) is 0 Å². The molecule has 3 rings (SSSR count). The standard InChI is InChI=1S/C17H20N2O5S/c1-23-11-3-4-13(14(8-11)24-2)19-9-10(7-15(19)20)16(21)18-12-5-6-25-17(12)22/h3-4,8,10,12H,5-7,9H2,1-2H3,(H,18,21)/t10-,12-/m1/s1. The molecule has 2 aliphatic heterocycles. The summed E-state index contributed by atoms with van der Waals surface area (Å²) in [5.41, 5.74) is 0.607. The molecule has 0 aliphatic carbocycles. The number of anilines is 1. The van der Waals surface area contributed by atoms with E-state index in [1.165, 1.54) is 18.9 Å². The van der Waals surface area contributed by atoms with Crippen molar-refractivity contribution in [3.8, 4) is 11.5 Å². The van der Waals surface area contributed by atoms with Crippen molar-refractivity contribution in [2.75, 3.05) is 31.4 Å². The normalized spacial score (nSPS) is 23.0. The number of methoxy groups -OCH3 is 2. The molecule has 0 bridgehead atoms. The van der Waals surface area contributed by atoms with Crippen LogP contribution in [0, 0.1) is 5.92 Å². The molecule has 8 heteroatoms. The summed E-state index contributed by atoms with van der Waals surface area (Å²) in [4.78, 5) is 38.0. The Bertz CT molecular complexity index is 708. The van der Waals surface area contributed by atoms with Gasteiger partial charge in [0, 0.05) is 24.8 Å². The highest BCUT2D eigenvalue weighted by molar-refractivity contribution is 8.14. The number of rotatable bonds is 5. The molecule has 2 aliphatic rings. The summed E-state index contributed by atoms with van der Waals surface area (Å²) in [5, 5.41) is 2.76. The Morgan fingerprint density at radius 2 is 2.08 bits per heavy atom. The maximum Gasteiger partial charge on any atom is 0.227 e. The number of ether oxygens (including phenoxy) is 2. The molecule has 2 heterocycles. The van der Waals surface area contributed by atoms with Gasteiger partial charge in [0.05, 0.1) is 31.9 Å². The van der Waals surface area contributed by atoms with E-state index < -0.39 is 12.0 Å². The largest absolute Gasteiger partial charge is 0.497 e. The molecular weight excluding hydrogens is 344 g/mol. The molecule has 0 radical (unpaired) electrons. The van der Waals surface area contributed by atoms with Gasteiger partial charge >= 0.3 is 0 Å². The molecule has 1 aromatic rings. The van der Waals surface area contributed by atoms with Gasteiger partial charge in [-0.3, -0.25) is 14.4 Å². The summed E-state index contributed by atoms with van der Waals surface area (Å²) >= 11 is 1.24. The summed E-state index contributed by atoms with van der Waals surface area (Å²) in [5.74, 6) is 0.996. The van der Waals surface area contributed by atoms with Crippen molar-refractivity contribution >= 4 is 34.4 Å². The van der Waals surface area contributed by atoms with Gasteiger partial charge in [-0.05, 0) is 18.6 Å². The zero-order valence-electron chi connectivity index (χ0n) is 14.1. The van der Waals surface area contributed by atoms with Crippen molar-refractivity contribution in [2.45, 2.75) is 18.9 Å². The summed E-state index contributed by atoms with van der Waals surface area (Å²) in [6.07, 6.45) is 0.765. The van der Waals surface area contributed by atoms with Crippen LogP contribution in [0.5, 0.6) is 11.5 Å². The third-order valence-electron chi connectivity index (χ3n) is 4.43. The molecule has 0 spiro atoms. The second kappa shape index (κ2) is 7.35. The maximum atomic E-state index is 12.4. The number of benzene rings is 1. The Balaban J connectivity index is 1.72. The lowest BCUT2D eigenvalue weighted by atomic mass is 10.1. The van der Waals surface area contributed by atoms with E-state index in [1.807, 2.05) is 0 Å². The Labute approximate surface area is 150 Å². The van der Waals surface area contributed by atoms with Gasteiger partial charge in [0.1, 0.15) is 11.5 Å². The molecule has 0 unspecified atom stereocenters. The highest BCUT2D eigenvalue weighted by Gasteiger charge is 2.38. The fourth-order valence-electron chi connectivity index (χ4n) is 3.04. The molecule has 0 saturated carbocycles. The first-order valence-electron chi connectivity index (χ1n) is 8.03. The van der Waals surface area contributed by atoms with Crippen molar-refractivity contribution in [1.29, 1.82) is 0 Å². The van der Waals surface area contributed by atoms with Gasteiger partial charge < -0.3 is 19.7 Å². The van der Waals surface area contributed by atoms with Gasteiger partial charge in [-0.15, -0.1) is 0 Å². The minimum atomic E-state index is -0.474. The van der Waals surface area contributed by atoms with E-state index in [0.29, 0.717) is 23.6 Å². The molecule has 25 heavy (non-hydrogen) atoms. The maximum absolute atomic E-state index is 12.4. The van der Waals surface area contributed by atoms with Crippen LogP contribution in [0.15, 0.2) is 18.2 Å². The molecule has 1 aromatic carbocycles. The fraction of sp³-hybridized carbons (Fsp3) is 0.471. The van der Waals surface area contributed by atoms with Crippen molar-refractivity contribution in [3.05, 3.63) is 18.2 Å². The van der Waals surface area contributed by atoms with Crippen LogP contribution in [0.25, 0.3) is 0 Å². The minimum Gasteiger partial charge on any atom is -0.497 e. The van der Waals surface area contributed by atoms with Crippen LogP contribution in [0.4, 0.5) is 5.69 Å². The fourth-order valence-corrected chi connectivity index (χ4v) is 3.97. The number of nitrogens with zero attached hydrogens (tertiary/aromatic N) is 1. The van der Waals surface area contributed by atoms with E-state index in [4.69, 9.17) is 9.47 Å². The molecule has 0 aromatic heterocycles. The van der Waals surface area contributed by atoms with Gasteiger partial charge in [0.2, 0.25) is 16.9 Å². The number of carbonyl (C=O) groups is 3. The Hall–Kier alpha value is -2.22. The molecule has 2 atom stereocenters. The number of thioether (sulfide) groups is 1. The first-order valence-corrected chi connectivity index (χ1v) is 9.01. The van der Waals surface area contributed by atoms with Gasteiger partial charge in [0.25, 0.3) is 0 Å². The van der Waals surface area contributed by atoms with E-state index in [1.54, 1.807) is 30.2 Å². The topological polar surface area (TPSA) is 84.9 Å². The van der Waals surface area contributed by atoms with Crippen LogP contribution in [0.2, 0.25) is 0 Å². The summed E-state index contributed by atoms with van der Waals surface area (Å²) in [6.45, 7) is 0.265. The average Bonchev–Trinajstić information content (AvgIpc) is 3.20. The first-order chi connectivity index (χ1) is 12.0. The van der Waals surface area contributed by atoms with Crippen molar-refractivity contribution in [1.82, 2.24) is 5.32 Å². The molecule has 2 saturated heterocycles. The third-order valence-corrected chi connectivity index (χ3v) is 5.43. The number of carbonyl (C=O) groups excluding carboxylic acids is 3. The molecule has 2 fully saturated rings. The number of nitrogens with one attached hydrogen (secondary N) is 1. The van der Waals surface area contributed by atoms with Crippen molar-refractivity contribution in [2.24, 2.45) is 5.92 Å². The van der Waals surface area contributed by atoms with Crippen LogP contribution < -0.4 is 19.7 Å². The van der Waals surface area contributed by atoms with Crippen LogP contribution in [-0.2, 0) is 14.4 Å². The van der Waals surface area contributed by atoms with E-state index >= 15 is 0 Å². The quantitative estimate of drug-likeness (QED) is 0.845. The predicted octanol–water partition coefficient (Wildman–Crippen LogP) is 1.20. The summed E-state index contributed by atoms with van der Waals surface area (Å²) in [6, 6.07) is 4.75. The zero-order valence-corrected chi connectivity index (χ0v) is 14.9. The van der Waals surface area contributed by atoms with E-state index in [2.05, 4.69) is 5.32 Å². The van der Waals surface area contributed by atoms with Gasteiger partial charge in [0.15, 0.2) is 0 Å². The lowest BCUT2D eigenvalue weighted by Crippen LogP contribution is -2.41. The summed E-state index contributed by atoms with van der Waals surface area (Å²) in [7, 11) is 3.07. The summed E-state index contributed by atoms with van der Waals surface area (Å²) < 4.78 is 10.5. The average molecular weight is 364 g/mol. The third kappa shape index (κ3) is 3.58. The number of hydrogen-bond donors (Lipinski definition) is 1. The van der Waals surface area contributed by atoms with E-state index in [9.17, 15) is 14.4 Å². The highest BCUT2D eigenvalue weighted by Crippen LogP contribution is 2.36. The van der Waals surface area contributed by atoms with E-state index in [0.717, 1.165) is 5.75 Å². The highest BCUT2D eigenvalue weighted by atomic mass is 32.2. The number of hydrogen-bond acceptors (Lipinski definition) is 6. The molecule has 7 nitrogen and oxygen atoms in total. The second-order valence-electron chi connectivity index (χ2n) is 5.96. The van der Waals surface area contributed by atoms with Gasteiger partial charge in [-0.25, -0.2) is 0 Å². The van der Waals surface area contributed by atoms with Crippen LogP contribution >= 0.6 is 11.8 Å². The molecule has 2 amide bonds. The molecule has 134 valence electrons. The SMILES string of the molecule is COc1ccc(N2C[C@H](C(=O)N[C@@H]3CCSC3=O)CC2=O)c(OC)c1. The smallest absolute Gasteiger partial charge is 0.227 e. The van der Waals surface area contributed by atoms with Crippen LogP contribution in [0.3, 0.4) is 0 Å². The molecular formula is C17H20N2O5S. The van der Waals surface area contributed by atoms with Crippen LogP contribution in [0.1, 0.15) is 12.8 Å². The second-order valence-corrected chi connectivity index (χ2v) is 7.06. The molecule has 1 N–H and O–H groups in total. The Morgan fingerprint density at radius 3 is 2.72 bits per heavy atom. The Morgan fingerprint density at radius 1 is 1.28 bits per heavy atom. The van der Waals surface area contributed by atoms with Crippen molar-refractivity contribution in [3.63, 3.8) is 0 Å². The number of amides is 2. The lowest BCUT2D eigenvalue weighted by molar-refractivity contribution is -0.128. The predicted molar refractivity (Wildman–Crippen MR) is 94.0 cm³/mol. The minimum absolute atomic E-state index is 0.00801. The van der Waals surface area contributed by atoms with Crippen LogP contribution in [-0.4, -0.2) is 49.5 Å². The van der Waals surface area contributed by atoms with Gasteiger partial charge in [-0.1, -0.05) is 11.8 Å². The van der Waals surface area contributed by atoms with Crippen molar-refractivity contribution < 1.29 is 23.9 Å². The Kier molecular flexibility index (Phi) is 5.17. The monoisotopic (exact) mass is 364 g/mol. The lowest BCUT2D eigenvalue weighted by Gasteiger charge is -2.20.